The molecular weight excluding hydrogens is 180 g/mol. The van der Waals surface area contributed by atoms with Crippen LogP contribution in [0, 0.1) is 0 Å². The molecule has 78 valence electrons. The third-order valence-corrected chi connectivity index (χ3v) is 1.92. The van der Waals surface area contributed by atoms with E-state index in [0.29, 0.717) is 24.6 Å². The van der Waals surface area contributed by atoms with E-state index in [1.807, 2.05) is 12.1 Å². The molecule has 0 aliphatic carbocycles. The van der Waals surface area contributed by atoms with Crippen LogP contribution in [-0.4, -0.2) is 24.9 Å². The molecule has 0 atom stereocenters. The number of benzene rings is 1. The van der Waals surface area contributed by atoms with Gasteiger partial charge < -0.3 is 21.3 Å². The van der Waals surface area contributed by atoms with Crippen molar-refractivity contribution < 1.29 is 9.84 Å². The highest BCUT2D eigenvalue weighted by Gasteiger charge is 1.97. The molecule has 0 heterocycles. The van der Waals surface area contributed by atoms with Crippen LogP contribution in [0.4, 0.5) is 11.4 Å². The van der Waals surface area contributed by atoms with Gasteiger partial charge in [-0.1, -0.05) is 6.07 Å². The molecular formula is C10H16N2O2. The van der Waals surface area contributed by atoms with Gasteiger partial charge in [0.15, 0.2) is 0 Å². The quantitative estimate of drug-likeness (QED) is 0.470. The molecule has 0 unspecified atom stereocenters. The lowest BCUT2D eigenvalue weighted by Gasteiger charge is -2.05. The van der Waals surface area contributed by atoms with Gasteiger partial charge in [0.2, 0.25) is 0 Å². The van der Waals surface area contributed by atoms with Crippen LogP contribution in [0.25, 0.3) is 0 Å². The van der Waals surface area contributed by atoms with Crippen molar-refractivity contribution in [1.82, 2.24) is 0 Å². The van der Waals surface area contributed by atoms with Crippen molar-refractivity contribution in [3.8, 4) is 0 Å². The van der Waals surface area contributed by atoms with E-state index in [2.05, 4.69) is 0 Å². The van der Waals surface area contributed by atoms with Crippen molar-refractivity contribution in [2.75, 3.05) is 31.3 Å². The van der Waals surface area contributed by atoms with Crippen LogP contribution < -0.4 is 11.5 Å². The molecule has 0 aliphatic rings. The fourth-order valence-corrected chi connectivity index (χ4v) is 1.14. The standard InChI is InChI=1S/C10H16N2O2/c11-9-2-1-8(7-10(9)12)3-5-14-6-4-13/h1-2,7,13H,3-6,11-12H2. The lowest BCUT2D eigenvalue weighted by atomic mass is 10.1. The van der Waals surface area contributed by atoms with E-state index in [1.165, 1.54) is 0 Å². The zero-order chi connectivity index (χ0) is 10.4. The van der Waals surface area contributed by atoms with Crippen molar-refractivity contribution in [3.63, 3.8) is 0 Å². The Labute approximate surface area is 83.5 Å². The summed E-state index contributed by atoms with van der Waals surface area (Å²) in [5, 5.41) is 8.48. The first kappa shape index (κ1) is 10.8. The first-order chi connectivity index (χ1) is 6.74. The molecule has 4 nitrogen and oxygen atoms in total. The predicted molar refractivity (Wildman–Crippen MR) is 56.9 cm³/mol. The van der Waals surface area contributed by atoms with Gasteiger partial charge in [-0.2, -0.15) is 0 Å². The third kappa shape index (κ3) is 3.24. The summed E-state index contributed by atoms with van der Waals surface area (Å²) in [7, 11) is 0. The Morgan fingerprint density at radius 1 is 1.14 bits per heavy atom. The second kappa shape index (κ2) is 5.47. The summed E-state index contributed by atoms with van der Waals surface area (Å²) in [5.74, 6) is 0. The van der Waals surface area contributed by atoms with Crippen LogP contribution in [0.15, 0.2) is 18.2 Å². The van der Waals surface area contributed by atoms with Gasteiger partial charge in [0, 0.05) is 0 Å². The van der Waals surface area contributed by atoms with Crippen molar-refractivity contribution in [1.29, 1.82) is 0 Å². The average molecular weight is 196 g/mol. The third-order valence-electron chi connectivity index (χ3n) is 1.92. The highest BCUT2D eigenvalue weighted by molar-refractivity contribution is 5.63. The second-order valence-corrected chi connectivity index (χ2v) is 3.05. The smallest absolute Gasteiger partial charge is 0.0697 e. The number of nitrogen functional groups attached to an aromatic ring is 2. The summed E-state index contributed by atoms with van der Waals surface area (Å²) < 4.78 is 5.13. The van der Waals surface area contributed by atoms with E-state index in [1.54, 1.807) is 6.07 Å². The Morgan fingerprint density at radius 3 is 2.57 bits per heavy atom. The maximum Gasteiger partial charge on any atom is 0.0697 e. The molecule has 0 saturated carbocycles. The second-order valence-electron chi connectivity index (χ2n) is 3.05. The lowest BCUT2D eigenvalue weighted by Crippen LogP contribution is -2.04. The van der Waals surface area contributed by atoms with Crippen LogP contribution in [0.2, 0.25) is 0 Å². The molecule has 1 aromatic carbocycles. The van der Waals surface area contributed by atoms with E-state index in [4.69, 9.17) is 21.3 Å². The number of rotatable bonds is 5. The van der Waals surface area contributed by atoms with E-state index < -0.39 is 0 Å². The lowest BCUT2D eigenvalue weighted by molar-refractivity contribution is 0.0944. The first-order valence-corrected chi connectivity index (χ1v) is 4.56. The SMILES string of the molecule is Nc1ccc(CCOCCO)cc1N. The Kier molecular flexibility index (Phi) is 4.22. The number of ether oxygens (including phenoxy) is 1. The molecule has 0 radical (unpaired) electrons. The normalized spacial score (nSPS) is 10.4. The highest BCUT2D eigenvalue weighted by Crippen LogP contribution is 2.16. The number of aliphatic hydroxyl groups is 1. The molecule has 0 aromatic heterocycles. The Hall–Kier alpha value is -1.26. The molecule has 0 amide bonds. The fourth-order valence-electron chi connectivity index (χ4n) is 1.14. The summed E-state index contributed by atoms with van der Waals surface area (Å²) in [4.78, 5) is 0. The monoisotopic (exact) mass is 196 g/mol. The number of hydrogen-bond acceptors (Lipinski definition) is 4. The number of hydrogen-bond donors (Lipinski definition) is 3. The van der Waals surface area contributed by atoms with Crippen LogP contribution in [0.1, 0.15) is 5.56 Å². The van der Waals surface area contributed by atoms with E-state index >= 15 is 0 Å². The minimum Gasteiger partial charge on any atom is -0.397 e. The van der Waals surface area contributed by atoms with Gasteiger partial charge in [-0.15, -0.1) is 0 Å². The van der Waals surface area contributed by atoms with Gasteiger partial charge in [0.05, 0.1) is 31.2 Å². The van der Waals surface area contributed by atoms with Crippen molar-refractivity contribution in [2.45, 2.75) is 6.42 Å². The van der Waals surface area contributed by atoms with Crippen molar-refractivity contribution >= 4 is 11.4 Å². The summed E-state index contributed by atoms with van der Waals surface area (Å²) >= 11 is 0. The summed E-state index contributed by atoms with van der Waals surface area (Å²) in [6.45, 7) is 1.03. The summed E-state index contributed by atoms with van der Waals surface area (Å²) in [6, 6.07) is 5.56. The van der Waals surface area contributed by atoms with Crippen molar-refractivity contribution in [3.05, 3.63) is 23.8 Å². The van der Waals surface area contributed by atoms with Gasteiger partial charge in [-0.25, -0.2) is 0 Å². The van der Waals surface area contributed by atoms with Gasteiger partial charge in [-0.3, -0.25) is 0 Å². The number of anilines is 2. The van der Waals surface area contributed by atoms with E-state index in [9.17, 15) is 0 Å². The zero-order valence-corrected chi connectivity index (χ0v) is 8.07. The molecule has 0 saturated heterocycles. The largest absolute Gasteiger partial charge is 0.397 e. The fraction of sp³-hybridized carbons (Fsp3) is 0.400. The summed E-state index contributed by atoms with van der Waals surface area (Å²) in [5.41, 5.74) is 13.5. The Morgan fingerprint density at radius 2 is 1.93 bits per heavy atom. The minimum absolute atomic E-state index is 0.0594. The molecule has 4 heteroatoms. The summed E-state index contributed by atoms with van der Waals surface area (Å²) in [6.07, 6.45) is 0.782. The van der Waals surface area contributed by atoms with Gasteiger partial charge in [-0.05, 0) is 24.1 Å². The van der Waals surface area contributed by atoms with E-state index in [-0.39, 0.29) is 6.61 Å². The maximum atomic E-state index is 8.48. The highest BCUT2D eigenvalue weighted by atomic mass is 16.5. The van der Waals surface area contributed by atoms with Crippen LogP contribution >= 0.6 is 0 Å². The maximum absolute atomic E-state index is 8.48. The number of aliphatic hydroxyl groups excluding tert-OH is 1. The average Bonchev–Trinajstić information content (AvgIpc) is 2.18. The number of nitrogens with two attached hydrogens (primary N) is 2. The molecule has 0 spiro atoms. The Bertz CT molecular complexity index is 289. The van der Waals surface area contributed by atoms with E-state index in [0.717, 1.165) is 12.0 Å². The molecule has 1 rings (SSSR count). The van der Waals surface area contributed by atoms with Crippen LogP contribution in [0.3, 0.4) is 0 Å². The van der Waals surface area contributed by atoms with Gasteiger partial charge in [0.1, 0.15) is 0 Å². The minimum atomic E-state index is 0.0594. The molecule has 14 heavy (non-hydrogen) atoms. The predicted octanol–water partition coefficient (Wildman–Crippen LogP) is 0.402. The zero-order valence-electron chi connectivity index (χ0n) is 8.07. The molecule has 5 N–H and O–H groups in total. The molecule has 1 aromatic rings. The van der Waals surface area contributed by atoms with Crippen LogP contribution in [-0.2, 0) is 11.2 Å². The van der Waals surface area contributed by atoms with Crippen LogP contribution in [0.5, 0.6) is 0 Å². The topological polar surface area (TPSA) is 81.5 Å². The molecule has 0 fully saturated rings. The van der Waals surface area contributed by atoms with Gasteiger partial charge >= 0.3 is 0 Å². The van der Waals surface area contributed by atoms with Crippen molar-refractivity contribution in [2.24, 2.45) is 0 Å². The Balaban J connectivity index is 2.39. The molecule has 0 aliphatic heterocycles. The first-order valence-electron chi connectivity index (χ1n) is 4.56. The van der Waals surface area contributed by atoms with Gasteiger partial charge in [0.25, 0.3) is 0 Å². The molecule has 0 bridgehead atoms.